The van der Waals surface area contributed by atoms with Gasteiger partial charge in [-0.05, 0) is 42.2 Å². The summed E-state index contributed by atoms with van der Waals surface area (Å²) in [5, 5.41) is 0. The quantitative estimate of drug-likeness (QED) is 0.627. The summed E-state index contributed by atoms with van der Waals surface area (Å²) in [6.07, 6.45) is 5.47. The molecule has 0 spiro atoms. The average Bonchev–Trinajstić information content (AvgIpc) is 3.40. The second-order valence-electron chi connectivity index (χ2n) is 7.68. The van der Waals surface area contributed by atoms with Crippen molar-refractivity contribution in [1.82, 2.24) is 4.90 Å². The Bertz CT molecular complexity index is 766. The molecule has 0 radical (unpaired) electrons. The molecule has 0 aromatic heterocycles. The maximum Gasteiger partial charge on any atom is 0.235 e. The van der Waals surface area contributed by atoms with E-state index in [0.29, 0.717) is 17.5 Å². The van der Waals surface area contributed by atoms with Crippen LogP contribution < -0.4 is 4.90 Å². The molecular formula is C20H20N2O3. The van der Waals surface area contributed by atoms with Crippen molar-refractivity contribution in [3.8, 4) is 0 Å². The molecule has 128 valence electrons. The third-order valence-corrected chi connectivity index (χ3v) is 6.48. The molecule has 5 heteroatoms. The van der Waals surface area contributed by atoms with Crippen molar-refractivity contribution in [2.24, 2.45) is 35.5 Å². The van der Waals surface area contributed by atoms with E-state index >= 15 is 0 Å². The molecule has 1 aliphatic heterocycles. The normalized spacial score (nSPS) is 37.1. The van der Waals surface area contributed by atoms with Gasteiger partial charge in [0.05, 0.1) is 11.8 Å². The Morgan fingerprint density at radius 2 is 1.60 bits per heavy atom. The zero-order valence-corrected chi connectivity index (χ0v) is 14.0. The van der Waals surface area contributed by atoms with Crippen molar-refractivity contribution in [3.63, 3.8) is 0 Å². The van der Waals surface area contributed by atoms with Crippen LogP contribution in [0.25, 0.3) is 0 Å². The summed E-state index contributed by atoms with van der Waals surface area (Å²) in [5.41, 5.74) is 0.703. The minimum absolute atomic E-state index is 0.0127. The van der Waals surface area contributed by atoms with Crippen molar-refractivity contribution in [3.05, 3.63) is 42.5 Å². The first-order chi connectivity index (χ1) is 12.1. The number of benzene rings is 1. The zero-order chi connectivity index (χ0) is 17.3. The van der Waals surface area contributed by atoms with Crippen LogP contribution in [0.4, 0.5) is 5.69 Å². The number of allylic oxidation sites excluding steroid dienone is 2. The lowest BCUT2D eigenvalue weighted by atomic mass is 9.63. The summed E-state index contributed by atoms with van der Waals surface area (Å²) in [7, 11) is 0. The molecule has 1 aromatic carbocycles. The smallest absolute Gasteiger partial charge is 0.235 e. The zero-order valence-electron chi connectivity index (χ0n) is 14.0. The molecule has 5 nitrogen and oxygen atoms in total. The van der Waals surface area contributed by atoms with E-state index < -0.39 is 0 Å². The fourth-order valence-electron chi connectivity index (χ4n) is 5.27. The van der Waals surface area contributed by atoms with Crippen LogP contribution in [0, 0.1) is 35.5 Å². The van der Waals surface area contributed by atoms with Gasteiger partial charge in [0.15, 0.2) is 0 Å². The summed E-state index contributed by atoms with van der Waals surface area (Å²) < 4.78 is 0. The minimum atomic E-state index is -0.212. The fraction of sp³-hybridized carbons (Fsp3) is 0.450. The Morgan fingerprint density at radius 1 is 1.04 bits per heavy atom. The number of carbonyl (C=O) groups excluding carboxylic acids is 3. The largest absolute Gasteiger partial charge is 0.294 e. The molecular weight excluding hydrogens is 316 g/mol. The van der Waals surface area contributed by atoms with Crippen LogP contribution in [-0.2, 0) is 14.4 Å². The van der Waals surface area contributed by atoms with Gasteiger partial charge in [0.1, 0.15) is 6.67 Å². The highest BCUT2D eigenvalue weighted by Crippen LogP contribution is 2.65. The van der Waals surface area contributed by atoms with E-state index in [4.69, 9.17) is 0 Å². The Balaban J connectivity index is 1.45. The monoisotopic (exact) mass is 336 g/mol. The first-order valence-corrected chi connectivity index (χ1v) is 8.94. The summed E-state index contributed by atoms with van der Waals surface area (Å²) in [6.45, 7) is 1.48. The van der Waals surface area contributed by atoms with E-state index in [9.17, 15) is 14.4 Å². The first kappa shape index (κ1) is 14.9. The van der Waals surface area contributed by atoms with Gasteiger partial charge in [-0.1, -0.05) is 30.4 Å². The second kappa shape index (κ2) is 5.04. The molecule has 3 amide bonds. The van der Waals surface area contributed by atoms with E-state index in [1.165, 1.54) is 16.7 Å². The Morgan fingerprint density at radius 3 is 2.12 bits per heavy atom. The number of anilines is 1. The van der Waals surface area contributed by atoms with E-state index in [-0.39, 0.29) is 48.1 Å². The molecule has 4 aliphatic carbocycles. The number of carbonyl (C=O) groups is 3. The lowest BCUT2D eigenvalue weighted by Gasteiger charge is -2.37. The SMILES string of the molecule is CC(=O)N(CN1C(=O)[C@@H]2[C@H]3C=C[C@@H]([C@@H]4C[C@H]34)[C@H]2C1=O)c1ccccc1. The van der Waals surface area contributed by atoms with Gasteiger partial charge in [-0.25, -0.2) is 0 Å². The van der Waals surface area contributed by atoms with Gasteiger partial charge in [-0.2, -0.15) is 0 Å². The predicted octanol–water partition coefficient (Wildman–Crippen LogP) is 2.05. The number of nitrogens with zero attached hydrogens (tertiary/aromatic N) is 2. The van der Waals surface area contributed by atoms with Crippen LogP contribution in [0.15, 0.2) is 42.5 Å². The van der Waals surface area contributed by atoms with E-state index in [2.05, 4.69) is 12.2 Å². The van der Waals surface area contributed by atoms with Crippen LogP contribution in [-0.4, -0.2) is 29.3 Å². The first-order valence-electron chi connectivity index (χ1n) is 8.94. The van der Waals surface area contributed by atoms with E-state index in [0.717, 1.165) is 6.42 Å². The number of hydrogen-bond acceptors (Lipinski definition) is 3. The van der Waals surface area contributed by atoms with Gasteiger partial charge in [0, 0.05) is 12.6 Å². The number of likely N-dealkylation sites (tertiary alicyclic amines) is 1. The van der Waals surface area contributed by atoms with E-state index in [1.54, 1.807) is 0 Å². The maximum atomic E-state index is 13.0. The summed E-state index contributed by atoms with van der Waals surface area (Å²) in [5.74, 6) is 0.811. The van der Waals surface area contributed by atoms with Crippen LogP contribution in [0.2, 0.25) is 0 Å². The molecule has 0 unspecified atom stereocenters. The van der Waals surface area contributed by atoms with Crippen molar-refractivity contribution < 1.29 is 14.4 Å². The van der Waals surface area contributed by atoms with Crippen molar-refractivity contribution in [2.75, 3.05) is 11.6 Å². The average molecular weight is 336 g/mol. The Labute approximate surface area is 146 Å². The molecule has 3 fully saturated rings. The molecule has 1 aromatic rings. The minimum Gasteiger partial charge on any atom is -0.294 e. The number of hydrogen-bond donors (Lipinski definition) is 0. The number of imide groups is 1. The predicted molar refractivity (Wildman–Crippen MR) is 91.0 cm³/mol. The molecule has 2 bridgehead atoms. The lowest BCUT2D eigenvalue weighted by molar-refractivity contribution is -0.140. The van der Waals surface area contributed by atoms with Crippen LogP contribution >= 0.6 is 0 Å². The van der Waals surface area contributed by atoms with E-state index in [1.807, 2.05) is 30.3 Å². The molecule has 5 aliphatic rings. The lowest BCUT2D eigenvalue weighted by Crippen LogP contribution is -2.44. The molecule has 1 heterocycles. The highest BCUT2D eigenvalue weighted by atomic mass is 16.2. The number of amides is 3. The van der Waals surface area contributed by atoms with Gasteiger partial charge >= 0.3 is 0 Å². The number of para-hydroxylation sites is 1. The van der Waals surface area contributed by atoms with Crippen molar-refractivity contribution in [2.45, 2.75) is 13.3 Å². The molecule has 6 rings (SSSR count). The van der Waals surface area contributed by atoms with Gasteiger partial charge in [-0.15, -0.1) is 0 Å². The summed E-state index contributed by atoms with van der Waals surface area (Å²) in [6, 6.07) is 9.20. The van der Waals surface area contributed by atoms with Crippen molar-refractivity contribution in [1.29, 1.82) is 0 Å². The van der Waals surface area contributed by atoms with Crippen LogP contribution in [0.3, 0.4) is 0 Å². The number of rotatable bonds is 3. The highest BCUT2D eigenvalue weighted by molar-refractivity contribution is 6.07. The van der Waals surface area contributed by atoms with Crippen LogP contribution in [0.5, 0.6) is 0 Å². The molecule has 1 saturated heterocycles. The maximum absolute atomic E-state index is 13.0. The second-order valence-corrected chi connectivity index (χ2v) is 7.68. The summed E-state index contributed by atoms with van der Waals surface area (Å²) >= 11 is 0. The third kappa shape index (κ3) is 1.98. The van der Waals surface area contributed by atoms with Gasteiger partial charge in [-0.3, -0.25) is 24.2 Å². The summed E-state index contributed by atoms with van der Waals surface area (Å²) in [4.78, 5) is 41.0. The van der Waals surface area contributed by atoms with Gasteiger partial charge in [0.2, 0.25) is 17.7 Å². The molecule has 0 N–H and O–H groups in total. The molecule has 6 atom stereocenters. The van der Waals surface area contributed by atoms with Crippen LogP contribution in [0.1, 0.15) is 13.3 Å². The van der Waals surface area contributed by atoms with Gasteiger partial charge in [0.25, 0.3) is 0 Å². The van der Waals surface area contributed by atoms with Crippen molar-refractivity contribution >= 4 is 23.4 Å². The topological polar surface area (TPSA) is 57.7 Å². The molecule has 25 heavy (non-hydrogen) atoms. The molecule has 2 saturated carbocycles. The standard InChI is InChI=1S/C20H20N2O3/c1-11(23)21(12-5-3-2-4-6-12)10-22-19(24)17-13-7-8-14(16-9-15(13)16)18(17)20(22)25/h2-8,13-18H,9-10H2,1H3/t13-,14-,15-,16+,17+,18+/m0/s1. The fourth-order valence-corrected chi connectivity index (χ4v) is 5.27. The highest BCUT2D eigenvalue weighted by Gasteiger charge is 2.67. The third-order valence-electron chi connectivity index (χ3n) is 6.48. The van der Waals surface area contributed by atoms with Gasteiger partial charge < -0.3 is 0 Å². The Hall–Kier alpha value is -2.43. The Kier molecular flexibility index (Phi) is 3.00.